The molecule has 0 aliphatic carbocycles. The van der Waals surface area contributed by atoms with Crippen LogP contribution in [0.5, 0.6) is 5.75 Å². The molecule has 0 saturated heterocycles. The molecule has 2 aromatic carbocycles. The van der Waals surface area contributed by atoms with Crippen molar-refractivity contribution >= 4 is 34.4 Å². The second-order valence-electron chi connectivity index (χ2n) is 6.23. The molecule has 4 rings (SSSR count). The quantitative estimate of drug-likeness (QED) is 0.622. The van der Waals surface area contributed by atoms with E-state index in [2.05, 4.69) is 34.7 Å². The van der Waals surface area contributed by atoms with Crippen molar-refractivity contribution in [3.05, 3.63) is 65.1 Å². The predicted octanol–water partition coefficient (Wildman–Crippen LogP) is 4.74. The summed E-state index contributed by atoms with van der Waals surface area (Å²) in [5.41, 5.74) is 3.24. The van der Waals surface area contributed by atoms with Gasteiger partial charge < -0.3 is 9.64 Å². The zero-order valence-corrected chi connectivity index (χ0v) is 15.8. The Balaban J connectivity index is 1.72. The summed E-state index contributed by atoms with van der Waals surface area (Å²) in [5, 5.41) is 2.04. The molecule has 3 nitrogen and oxygen atoms in total. The summed E-state index contributed by atoms with van der Waals surface area (Å²) < 4.78 is 21.1. The lowest BCUT2D eigenvalue weighted by atomic mass is 10.2. The first-order chi connectivity index (χ1) is 12.6. The number of halogens is 1. The average molecular weight is 367 g/mol. The minimum absolute atomic E-state index is 0.213. The second-order valence-corrected chi connectivity index (χ2v) is 7.29. The van der Waals surface area contributed by atoms with Crippen LogP contribution >= 0.6 is 11.8 Å². The fourth-order valence-corrected chi connectivity index (χ4v) is 4.32. The van der Waals surface area contributed by atoms with E-state index in [1.54, 1.807) is 17.8 Å². The molecule has 2 heterocycles. The fourth-order valence-electron chi connectivity index (χ4n) is 3.20. The Kier molecular flexibility index (Phi) is 4.32. The zero-order chi connectivity index (χ0) is 18.3. The van der Waals surface area contributed by atoms with E-state index in [1.165, 1.54) is 16.6 Å². The van der Waals surface area contributed by atoms with Gasteiger partial charge in [0.1, 0.15) is 18.6 Å². The smallest absolute Gasteiger partial charge is 0.212 e. The summed E-state index contributed by atoms with van der Waals surface area (Å²) in [5.74, 6) is 0.682. The minimum atomic E-state index is -0.213. The van der Waals surface area contributed by atoms with E-state index in [0.717, 1.165) is 27.4 Å². The van der Waals surface area contributed by atoms with E-state index >= 15 is 0 Å². The van der Waals surface area contributed by atoms with Crippen LogP contribution in [-0.2, 0) is 7.05 Å². The van der Waals surface area contributed by atoms with E-state index in [0.29, 0.717) is 6.61 Å². The Morgan fingerprint density at radius 1 is 1.15 bits per heavy atom. The summed E-state index contributed by atoms with van der Waals surface area (Å²) in [4.78, 5) is 3.38. The maximum absolute atomic E-state index is 13.4. The maximum Gasteiger partial charge on any atom is 0.212 e. The van der Waals surface area contributed by atoms with Crippen LogP contribution in [0.3, 0.4) is 0 Å². The van der Waals surface area contributed by atoms with Crippen molar-refractivity contribution in [2.45, 2.75) is 11.8 Å². The van der Waals surface area contributed by atoms with Crippen LogP contribution in [0.15, 0.2) is 58.5 Å². The first-order valence-corrected chi connectivity index (χ1v) is 9.37. The third-order valence-electron chi connectivity index (χ3n) is 4.59. The van der Waals surface area contributed by atoms with Gasteiger partial charge in [0, 0.05) is 35.5 Å². The van der Waals surface area contributed by atoms with Crippen molar-refractivity contribution < 1.29 is 13.7 Å². The number of aromatic nitrogens is 1. The van der Waals surface area contributed by atoms with Gasteiger partial charge in [0.2, 0.25) is 11.2 Å². The molecule has 0 unspecified atom stereocenters. The Morgan fingerprint density at radius 2 is 2.00 bits per heavy atom. The third kappa shape index (κ3) is 2.92. The van der Waals surface area contributed by atoms with E-state index < -0.39 is 0 Å². The van der Waals surface area contributed by atoms with Gasteiger partial charge in [0.05, 0.1) is 17.3 Å². The topological polar surface area (TPSA) is 16.4 Å². The molecule has 0 N–H and O–H groups in total. The number of pyridine rings is 1. The molecule has 0 saturated carbocycles. The highest BCUT2D eigenvalue weighted by atomic mass is 32.2. The van der Waals surface area contributed by atoms with Crippen LogP contribution in [0.2, 0.25) is 0 Å². The molecule has 0 radical (unpaired) electrons. The summed E-state index contributed by atoms with van der Waals surface area (Å²) >= 11 is 1.73. The van der Waals surface area contributed by atoms with Crippen molar-refractivity contribution in [1.82, 2.24) is 0 Å². The van der Waals surface area contributed by atoms with Crippen molar-refractivity contribution in [2.24, 2.45) is 7.05 Å². The Bertz CT molecular complexity index is 1030. The van der Waals surface area contributed by atoms with Crippen LogP contribution in [0, 0.1) is 5.82 Å². The Morgan fingerprint density at radius 3 is 2.81 bits per heavy atom. The normalized spacial score (nSPS) is 14.9. The number of nitrogens with zero attached hydrogens (tertiary/aromatic N) is 2. The summed E-state index contributed by atoms with van der Waals surface area (Å²) in [7, 11) is 4.08. The molecule has 3 aromatic rings. The van der Waals surface area contributed by atoms with Crippen LogP contribution in [0.1, 0.15) is 12.6 Å². The van der Waals surface area contributed by atoms with Crippen LogP contribution < -0.4 is 14.2 Å². The zero-order valence-electron chi connectivity index (χ0n) is 15.0. The van der Waals surface area contributed by atoms with Gasteiger partial charge in [-0.1, -0.05) is 11.8 Å². The van der Waals surface area contributed by atoms with Crippen molar-refractivity contribution in [3.8, 4) is 5.75 Å². The lowest BCUT2D eigenvalue weighted by molar-refractivity contribution is -0.646. The van der Waals surface area contributed by atoms with E-state index in [-0.39, 0.29) is 5.82 Å². The number of hydrogen-bond donors (Lipinski definition) is 0. The number of fused-ring (bicyclic) bond motifs is 2. The molecule has 5 heteroatoms. The first kappa shape index (κ1) is 16.9. The van der Waals surface area contributed by atoms with Gasteiger partial charge in [-0.05, 0) is 43.3 Å². The van der Waals surface area contributed by atoms with Gasteiger partial charge in [0.25, 0.3) is 0 Å². The monoisotopic (exact) mass is 367 g/mol. The number of hydrogen-bond acceptors (Lipinski definition) is 3. The number of benzene rings is 2. The van der Waals surface area contributed by atoms with Gasteiger partial charge >= 0.3 is 0 Å². The van der Waals surface area contributed by atoms with E-state index in [1.807, 2.05) is 38.2 Å². The largest absolute Gasteiger partial charge is 0.494 e. The molecule has 0 amide bonds. The van der Waals surface area contributed by atoms with Gasteiger partial charge in [-0.15, -0.1) is 0 Å². The lowest BCUT2D eigenvalue weighted by Gasteiger charge is -2.13. The first-order valence-electron chi connectivity index (χ1n) is 8.55. The second kappa shape index (κ2) is 6.65. The Hall–Kier alpha value is -2.53. The van der Waals surface area contributed by atoms with Gasteiger partial charge in [-0.25, -0.2) is 4.39 Å². The SMILES string of the molecule is CCOc1ccc2c(c1)S/C(=C\c1ccc3cc(F)ccc3[n+]1C)N2C. The molecule has 1 aliphatic rings. The number of anilines is 1. The molecule has 132 valence electrons. The molecule has 0 spiro atoms. The van der Waals surface area contributed by atoms with Crippen molar-refractivity contribution in [1.29, 1.82) is 0 Å². The number of thioether (sulfide) groups is 1. The molecule has 1 aromatic heterocycles. The highest BCUT2D eigenvalue weighted by molar-refractivity contribution is 8.03. The van der Waals surface area contributed by atoms with Gasteiger partial charge in [-0.2, -0.15) is 4.57 Å². The van der Waals surface area contributed by atoms with Crippen LogP contribution in [0.25, 0.3) is 17.0 Å². The van der Waals surface area contributed by atoms with Crippen LogP contribution in [-0.4, -0.2) is 13.7 Å². The minimum Gasteiger partial charge on any atom is -0.494 e. The molecule has 0 bridgehead atoms. The highest BCUT2D eigenvalue weighted by Gasteiger charge is 2.24. The number of rotatable bonds is 3. The maximum atomic E-state index is 13.4. The summed E-state index contributed by atoms with van der Waals surface area (Å²) in [6, 6.07) is 15.1. The van der Waals surface area contributed by atoms with Crippen LogP contribution in [0.4, 0.5) is 10.1 Å². The lowest BCUT2D eigenvalue weighted by Crippen LogP contribution is -2.33. The molecular weight excluding hydrogens is 347 g/mol. The molecule has 1 aliphatic heterocycles. The average Bonchev–Trinajstić information content (AvgIpc) is 2.93. The molecule has 0 atom stereocenters. The Labute approximate surface area is 156 Å². The molecular formula is C21H20FN2OS+. The van der Waals surface area contributed by atoms with Gasteiger partial charge in [-0.3, -0.25) is 0 Å². The fraction of sp³-hybridized carbons (Fsp3) is 0.190. The third-order valence-corrected chi connectivity index (χ3v) is 5.74. The summed E-state index contributed by atoms with van der Waals surface area (Å²) in [6.07, 6.45) is 2.16. The molecule has 26 heavy (non-hydrogen) atoms. The standard InChI is InChI=1S/C21H20FN2OS/c1-4-25-17-8-10-19-20(13-17)26-21(24(19)3)12-16-7-5-14-11-15(22)6-9-18(14)23(16)2/h5-13H,4H2,1-3H3/q+1. The van der Waals surface area contributed by atoms with Crippen molar-refractivity contribution in [2.75, 3.05) is 18.6 Å². The van der Waals surface area contributed by atoms with Gasteiger partial charge in [0.15, 0.2) is 0 Å². The predicted molar refractivity (Wildman–Crippen MR) is 105 cm³/mol. The molecule has 0 fully saturated rings. The van der Waals surface area contributed by atoms with E-state index in [4.69, 9.17) is 4.74 Å². The summed E-state index contributed by atoms with van der Waals surface area (Å²) in [6.45, 7) is 2.65. The van der Waals surface area contributed by atoms with E-state index in [9.17, 15) is 4.39 Å². The van der Waals surface area contributed by atoms with Crippen molar-refractivity contribution in [3.63, 3.8) is 0 Å². The number of aryl methyl sites for hydroxylation is 1. The number of ether oxygens (including phenoxy) is 1. The highest BCUT2D eigenvalue weighted by Crippen LogP contribution is 2.46.